The fourth-order valence-corrected chi connectivity index (χ4v) is 0.774. The third kappa shape index (κ3) is 1.33. The van der Waals surface area contributed by atoms with Gasteiger partial charge >= 0.3 is 0 Å². The van der Waals surface area contributed by atoms with E-state index in [9.17, 15) is 5.21 Å². The van der Waals surface area contributed by atoms with Gasteiger partial charge in [-0.3, -0.25) is 0 Å². The van der Waals surface area contributed by atoms with Crippen LogP contribution in [0.2, 0.25) is 0 Å². The molecule has 0 fully saturated rings. The van der Waals surface area contributed by atoms with E-state index in [1.165, 1.54) is 6.20 Å². The normalized spacial score (nSPS) is 9.44. The van der Waals surface area contributed by atoms with Crippen molar-refractivity contribution in [2.75, 3.05) is 0 Å². The molecular weight excluding hydrogens is 138 g/mol. The Morgan fingerprint density at radius 2 is 2.33 bits per heavy atom. The molecule has 3 heteroatoms. The third-order valence-electron chi connectivity index (χ3n) is 1.04. The molecule has 1 rings (SSSR count). The first-order valence-corrected chi connectivity index (χ1v) is 3.11. The molecule has 0 atom stereocenters. The highest BCUT2D eigenvalue weighted by Crippen LogP contribution is 1.93. The zero-order chi connectivity index (χ0) is 6.69. The second kappa shape index (κ2) is 2.69. The van der Waals surface area contributed by atoms with E-state index in [4.69, 9.17) is 11.6 Å². The van der Waals surface area contributed by atoms with Gasteiger partial charge in [0.1, 0.15) is 5.88 Å². The Labute approximate surface area is 58.3 Å². The third-order valence-corrected chi connectivity index (χ3v) is 1.31. The van der Waals surface area contributed by atoms with E-state index in [0.29, 0.717) is 5.69 Å². The minimum absolute atomic E-state index is 0.268. The van der Waals surface area contributed by atoms with Crippen molar-refractivity contribution in [3.05, 3.63) is 35.3 Å². The molecule has 0 saturated heterocycles. The number of aromatic nitrogens is 1. The Morgan fingerprint density at radius 1 is 1.56 bits per heavy atom. The summed E-state index contributed by atoms with van der Waals surface area (Å²) in [7, 11) is 0. The van der Waals surface area contributed by atoms with Gasteiger partial charge in [-0.25, -0.2) is 0 Å². The van der Waals surface area contributed by atoms with Crippen molar-refractivity contribution in [3.8, 4) is 0 Å². The SMILES string of the molecule is [O-][n+]1ccccc1CCl. The van der Waals surface area contributed by atoms with Gasteiger partial charge in [0.15, 0.2) is 6.20 Å². The predicted octanol–water partition coefficient (Wildman–Crippen LogP) is 1.06. The molecule has 2 nitrogen and oxygen atoms in total. The molecular formula is C6H6ClNO. The van der Waals surface area contributed by atoms with Crippen molar-refractivity contribution in [2.24, 2.45) is 0 Å². The van der Waals surface area contributed by atoms with E-state index < -0.39 is 0 Å². The first-order valence-electron chi connectivity index (χ1n) is 2.57. The Kier molecular flexibility index (Phi) is 1.90. The van der Waals surface area contributed by atoms with Crippen LogP contribution in [0.15, 0.2) is 24.4 Å². The van der Waals surface area contributed by atoms with Gasteiger partial charge in [0.25, 0.3) is 0 Å². The molecule has 0 spiro atoms. The van der Waals surface area contributed by atoms with Crippen LogP contribution in [-0.2, 0) is 5.88 Å². The molecule has 0 aliphatic rings. The molecule has 0 aliphatic heterocycles. The van der Waals surface area contributed by atoms with Crippen LogP contribution in [0.25, 0.3) is 0 Å². The average molecular weight is 144 g/mol. The number of alkyl halides is 1. The van der Waals surface area contributed by atoms with E-state index in [2.05, 4.69) is 0 Å². The lowest BCUT2D eigenvalue weighted by Gasteiger charge is -1.97. The number of nitrogens with zero attached hydrogens (tertiary/aromatic N) is 1. The van der Waals surface area contributed by atoms with Crippen molar-refractivity contribution in [2.45, 2.75) is 5.88 Å². The van der Waals surface area contributed by atoms with Gasteiger partial charge in [-0.05, 0) is 6.07 Å². The lowest BCUT2D eigenvalue weighted by atomic mass is 10.4. The molecule has 0 aromatic carbocycles. The maximum atomic E-state index is 10.7. The van der Waals surface area contributed by atoms with E-state index in [1.807, 2.05) is 0 Å². The molecule has 0 saturated carbocycles. The smallest absolute Gasteiger partial charge is 0.207 e. The van der Waals surface area contributed by atoms with Crippen LogP contribution < -0.4 is 4.73 Å². The molecule has 0 unspecified atom stereocenters. The van der Waals surface area contributed by atoms with E-state index in [-0.39, 0.29) is 5.88 Å². The minimum atomic E-state index is 0.268. The molecule has 9 heavy (non-hydrogen) atoms. The number of halogens is 1. The molecule has 1 aromatic heterocycles. The second-order valence-electron chi connectivity index (χ2n) is 1.65. The van der Waals surface area contributed by atoms with Crippen molar-refractivity contribution < 1.29 is 4.73 Å². The fraction of sp³-hybridized carbons (Fsp3) is 0.167. The van der Waals surface area contributed by atoms with Gasteiger partial charge in [-0.1, -0.05) is 0 Å². The number of hydrogen-bond donors (Lipinski definition) is 0. The van der Waals surface area contributed by atoms with Crippen LogP contribution in [0, 0.1) is 5.21 Å². The van der Waals surface area contributed by atoms with Crippen LogP contribution >= 0.6 is 11.6 Å². The molecule has 0 N–H and O–H groups in total. The summed E-state index contributed by atoms with van der Waals surface area (Å²) in [5.74, 6) is 0.268. The highest BCUT2D eigenvalue weighted by molar-refractivity contribution is 6.16. The van der Waals surface area contributed by atoms with Gasteiger partial charge in [0, 0.05) is 12.1 Å². The zero-order valence-electron chi connectivity index (χ0n) is 4.75. The molecule has 0 bridgehead atoms. The summed E-state index contributed by atoms with van der Waals surface area (Å²) in [6.45, 7) is 0. The van der Waals surface area contributed by atoms with Crippen LogP contribution in [0.1, 0.15) is 5.69 Å². The van der Waals surface area contributed by atoms with E-state index >= 15 is 0 Å². The Morgan fingerprint density at radius 3 is 2.78 bits per heavy atom. The van der Waals surface area contributed by atoms with Crippen LogP contribution in [0.4, 0.5) is 0 Å². The molecule has 48 valence electrons. The molecule has 0 aliphatic carbocycles. The zero-order valence-corrected chi connectivity index (χ0v) is 5.51. The van der Waals surface area contributed by atoms with Gasteiger partial charge in [-0.2, -0.15) is 4.73 Å². The molecule has 0 amide bonds. The molecule has 1 heterocycles. The summed E-state index contributed by atoms with van der Waals surface area (Å²) in [6.07, 6.45) is 1.43. The summed E-state index contributed by atoms with van der Waals surface area (Å²) in [5.41, 5.74) is 0.583. The molecule has 0 radical (unpaired) electrons. The maximum absolute atomic E-state index is 10.7. The van der Waals surface area contributed by atoms with Crippen molar-refractivity contribution in [1.29, 1.82) is 0 Å². The number of hydrogen-bond acceptors (Lipinski definition) is 1. The Hall–Kier alpha value is -0.760. The highest BCUT2D eigenvalue weighted by atomic mass is 35.5. The first kappa shape index (κ1) is 6.36. The minimum Gasteiger partial charge on any atom is -0.618 e. The summed E-state index contributed by atoms with van der Waals surface area (Å²) in [4.78, 5) is 0. The Bertz CT molecular complexity index is 202. The van der Waals surface area contributed by atoms with E-state index in [1.54, 1.807) is 18.2 Å². The Balaban J connectivity index is 3.01. The maximum Gasteiger partial charge on any atom is 0.207 e. The van der Waals surface area contributed by atoms with Crippen LogP contribution in [0.3, 0.4) is 0 Å². The quantitative estimate of drug-likeness (QED) is 0.328. The lowest BCUT2D eigenvalue weighted by molar-refractivity contribution is -0.612. The van der Waals surface area contributed by atoms with Gasteiger partial charge in [-0.15, -0.1) is 11.6 Å². The van der Waals surface area contributed by atoms with Crippen LogP contribution in [-0.4, -0.2) is 0 Å². The number of pyridine rings is 1. The lowest BCUT2D eigenvalue weighted by Crippen LogP contribution is -2.29. The van der Waals surface area contributed by atoms with Crippen molar-refractivity contribution >= 4 is 11.6 Å². The van der Waals surface area contributed by atoms with Crippen molar-refractivity contribution in [1.82, 2.24) is 0 Å². The summed E-state index contributed by atoms with van der Waals surface area (Å²) >= 11 is 5.41. The number of rotatable bonds is 1. The van der Waals surface area contributed by atoms with Crippen molar-refractivity contribution in [3.63, 3.8) is 0 Å². The highest BCUT2D eigenvalue weighted by Gasteiger charge is 1.97. The van der Waals surface area contributed by atoms with Gasteiger partial charge in [0.05, 0.1) is 0 Å². The summed E-state index contributed by atoms with van der Waals surface area (Å²) in [5, 5.41) is 10.7. The largest absolute Gasteiger partial charge is 0.618 e. The average Bonchev–Trinajstić information content (AvgIpc) is 1.89. The summed E-state index contributed by atoms with van der Waals surface area (Å²) in [6, 6.07) is 5.15. The predicted molar refractivity (Wildman–Crippen MR) is 35.0 cm³/mol. The van der Waals surface area contributed by atoms with Gasteiger partial charge < -0.3 is 5.21 Å². The van der Waals surface area contributed by atoms with E-state index in [0.717, 1.165) is 4.73 Å². The van der Waals surface area contributed by atoms with Gasteiger partial charge in [0.2, 0.25) is 5.69 Å². The topological polar surface area (TPSA) is 26.9 Å². The fourth-order valence-electron chi connectivity index (χ4n) is 0.567. The molecule has 1 aromatic rings. The monoisotopic (exact) mass is 143 g/mol. The standard InChI is InChI=1S/C6H6ClNO/c7-5-6-3-1-2-4-8(6)9/h1-4H,5H2. The summed E-state index contributed by atoms with van der Waals surface area (Å²) < 4.78 is 0.757. The first-order chi connectivity index (χ1) is 4.34. The second-order valence-corrected chi connectivity index (χ2v) is 1.92. The van der Waals surface area contributed by atoms with Crippen LogP contribution in [0.5, 0.6) is 0 Å².